The summed E-state index contributed by atoms with van der Waals surface area (Å²) in [6.45, 7) is 0.975. The van der Waals surface area contributed by atoms with Crippen LogP contribution in [-0.4, -0.2) is 23.9 Å². The van der Waals surface area contributed by atoms with E-state index in [4.69, 9.17) is 21.7 Å². The van der Waals surface area contributed by atoms with Crippen molar-refractivity contribution in [3.8, 4) is 11.5 Å². The minimum Gasteiger partial charge on any atom is -0.454 e. The molecule has 0 radical (unpaired) electrons. The van der Waals surface area contributed by atoms with Crippen LogP contribution in [0.25, 0.3) is 0 Å². The molecule has 1 aliphatic heterocycles. The second-order valence-corrected chi connectivity index (χ2v) is 6.95. The van der Waals surface area contributed by atoms with Gasteiger partial charge in [-0.3, -0.25) is 0 Å². The van der Waals surface area contributed by atoms with Crippen LogP contribution in [0.1, 0.15) is 35.6 Å². The van der Waals surface area contributed by atoms with Crippen molar-refractivity contribution in [3.63, 3.8) is 0 Å². The van der Waals surface area contributed by atoms with Gasteiger partial charge in [0.1, 0.15) is 0 Å². The molecule has 2 aromatic rings. The first-order valence-corrected chi connectivity index (χ1v) is 9.10. The molecule has 4 rings (SSSR count). The number of nitrogens with one attached hydrogen (secondary N) is 1. The minimum absolute atomic E-state index is 0.300. The molecule has 4 nitrogen and oxygen atoms in total. The highest BCUT2D eigenvalue weighted by Crippen LogP contribution is 2.34. The average Bonchev–Trinajstić information content (AvgIpc) is 3.13. The van der Waals surface area contributed by atoms with E-state index in [1.807, 2.05) is 18.2 Å². The third kappa shape index (κ3) is 3.29. The summed E-state index contributed by atoms with van der Waals surface area (Å²) in [6, 6.07) is 15.1. The van der Waals surface area contributed by atoms with Gasteiger partial charge in [-0.25, -0.2) is 0 Å². The van der Waals surface area contributed by atoms with E-state index in [0.29, 0.717) is 19.4 Å². The van der Waals surface area contributed by atoms with Gasteiger partial charge in [0, 0.05) is 13.6 Å². The number of fused-ring (bicyclic) bond motifs is 2. The van der Waals surface area contributed by atoms with Gasteiger partial charge in [0.15, 0.2) is 16.6 Å². The van der Waals surface area contributed by atoms with Crippen molar-refractivity contribution in [2.24, 2.45) is 0 Å². The van der Waals surface area contributed by atoms with Gasteiger partial charge < -0.3 is 19.7 Å². The molecule has 1 heterocycles. The summed E-state index contributed by atoms with van der Waals surface area (Å²) >= 11 is 5.64. The second-order valence-electron chi connectivity index (χ2n) is 6.56. The third-order valence-electron chi connectivity index (χ3n) is 5.01. The lowest BCUT2D eigenvalue weighted by molar-refractivity contribution is 0.174. The molecule has 5 heteroatoms. The molecule has 25 heavy (non-hydrogen) atoms. The van der Waals surface area contributed by atoms with Crippen LogP contribution in [0.3, 0.4) is 0 Å². The van der Waals surface area contributed by atoms with E-state index in [-0.39, 0.29) is 0 Å². The van der Waals surface area contributed by atoms with Crippen molar-refractivity contribution >= 4 is 17.3 Å². The highest BCUT2D eigenvalue weighted by atomic mass is 32.1. The van der Waals surface area contributed by atoms with E-state index in [2.05, 4.69) is 41.5 Å². The molecule has 0 bridgehead atoms. The van der Waals surface area contributed by atoms with Gasteiger partial charge in [0.05, 0.1) is 6.04 Å². The number of thiocarbonyl (C=S) groups is 1. The zero-order valence-electron chi connectivity index (χ0n) is 14.3. The molecule has 1 atom stereocenters. The maximum absolute atomic E-state index is 5.64. The summed E-state index contributed by atoms with van der Waals surface area (Å²) in [5, 5.41) is 4.16. The number of rotatable bonds is 3. The molecule has 1 aliphatic carbocycles. The Bertz CT molecular complexity index is 793. The fourth-order valence-electron chi connectivity index (χ4n) is 3.63. The lowest BCUT2D eigenvalue weighted by Gasteiger charge is -2.35. The van der Waals surface area contributed by atoms with E-state index in [9.17, 15) is 0 Å². The summed E-state index contributed by atoms with van der Waals surface area (Å²) in [5.41, 5.74) is 3.98. The molecule has 2 aromatic carbocycles. The molecule has 130 valence electrons. The topological polar surface area (TPSA) is 33.7 Å². The van der Waals surface area contributed by atoms with E-state index in [0.717, 1.165) is 35.0 Å². The fourth-order valence-corrected chi connectivity index (χ4v) is 3.82. The zero-order chi connectivity index (χ0) is 17.2. The summed E-state index contributed by atoms with van der Waals surface area (Å²) in [4.78, 5) is 2.19. The Morgan fingerprint density at radius 1 is 1.20 bits per heavy atom. The average molecular weight is 354 g/mol. The Morgan fingerprint density at radius 2 is 2.04 bits per heavy atom. The number of hydrogen-bond acceptors (Lipinski definition) is 3. The van der Waals surface area contributed by atoms with Crippen molar-refractivity contribution in [2.75, 3.05) is 13.8 Å². The predicted octanol–water partition coefficient (Wildman–Crippen LogP) is 3.80. The number of hydrogen-bond donors (Lipinski definition) is 1. The first-order chi connectivity index (χ1) is 12.2. The molecular formula is C20H22N2O2S. The first-order valence-electron chi connectivity index (χ1n) is 8.69. The maximum Gasteiger partial charge on any atom is 0.231 e. The summed E-state index contributed by atoms with van der Waals surface area (Å²) < 4.78 is 10.8. The molecule has 0 amide bonds. The van der Waals surface area contributed by atoms with Gasteiger partial charge in [0.2, 0.25) is 6.79 Å². The van der Waals surface area contributed by atoms with Crippen molar-refractivity contribution < 1.29 is 9.47 Å². The van der Waals surface area contributed by atoms with E-state index in [1.54, 1.807) is 0 Å². The van der Waals surface area contributed by atoms with Gasteiger partial charge in [-0.2, -0.15) is 0 Å². The normalized spacial score (nSPS) is 17.7. The van der Waals surface area contributed by atoms with Gasteiger partial charge in [-0.15, -0.1) is 0 Å². The Hall–Kier alpha value is -2.27. The van der Waals surface area contributed by atoms with Gasteiger partial charge in [-0.1, -0.05) is 30.3 Å². The highest BCUT2D eigenvalue weighted by molar-refractivity contribution is 7.80. The third-order valence-corrected chi connectivity index (χ3v) is 5.44. The van der Waals surface area contributed by atoms with Crippen LogP contribution >= 0.6 is 12.2 Å². The number of aryl methyl sites for hydroxylation is 1. The van der Waals surface area contributed by atoms with E-state index in [1.165, 1.54) is 17.5 Å². The molecular weight excluding hydrogens is 332 g/mol. The Morgan fingerprint density at radius 3 is 2.96 bits per heavy atom. The largest absolute Gasteiger partial charge is 0.454 e. The Labute approximate surface area is 153 Å². The highest BCUT2D eigenvalue weighted by Gasteiger charge is 2.24. The zero-order valence-corrected chi connectivity index (χ0v) is 15.1. The monoisotopic (exact) mass is 354 g/mol. The van der Waals surface area contributed by atoms with Crippen molar-refractivity contribution in [1.82, 2.24) is 10.2 Å². The lowest BCUT2D eigenvalue weighted by Crippen LogP contribution is -2.40. The van der Waals surface area contributed by atoms with Crippen molar-refractivity contribution in [3.05, 3.63) is 59.2 Å². The van der Waals surface area contributed by atoms with Crippen LogP contribution in [0.15, 0.2) is 42.5 Å². The van der Waals surface area contributed by atoms with Crippen LogP contribution in [0.5, 0.6) is 11.5 Å². The molecule has 0 saturated carbocycles. The van der Waals surface area contributed by atoms with E-state index < -0.39 is 0 Å². The molecule has 0 saturated heterocycles. The van der Waals surface area contributed by atoms with Crippen LogP contribution in [0.2, 0.25) is 0 Å². The Kier molecular flexibility index (Phi) is 4.49. The second kappa shape index (κ2) is 6.92. The van der Waals surface area contributed by atoms with Crippen molar-refractivity contribution in [1.29, 1.82) is 0 Å². The predicted molar refractivity (Wildman–Crippen MR) is 102 cm³/mol. The molecule has 0 unspecified atom stereocenters. The van der Waals surface area contributed by atoms with Crippen LogP contribution in [-0.2, 0) is 13.0 Å². The summed E-state index contributed by atoms with van der Waals surface area (Å²) in [7, 11) is 2.09. The smallest absolute Gasteiger partial charge is 0.231 e. The number of nitrogens with zero attached hydrogens (tertiary/aromatic N) is 1. The van der Waals surface area contributed by atoms with Crippen molar-refractivity contribution in [2.45, 2.75) is 31.8 Å². The maximum atomic E-state index is 5.64. The van der Waals surface area contributed by atoms with Gasteiger partial charge >= 0.3 is 0 Å². The summed E-state index contributed by atoms with van der Waals surface area (Å²) in [6.07, 6.45) is 3.51. The quantitative estimate of drug-likeness (QED) is 0.848. The molecule has 0 aromatic heterocycles. The minimum atomic E-state index is 0.300. The first kappa shape index (κ1) is 16.2. The molecule has 1 N–H and O–H groups in total. The SMILES string of the molecule is CN(C(=S)NCc1ccc2c(c1)OCO2)[C@H]1CCCc2ccccc21. The molecule has 0 spiro atoms. The Balaban J connectivity index is 1.41. The van der Waals surface area contributed by atoms with Gasteiger partial charge in [0.25, 0.3) is 0 Å². The van der Waals surface area contributed by atoms with E-state index >= 15 is 0 Å². The number of benzene rings is 2. The van der Waals surface area contributed by atoms with Crippen LogP contribution in [0, 0.1) is 0 Å². The van der Waals surface area contributed by atoms with Crippen LogP contribution in [0.4, 0.5) is 0 Å². The molecule has 2 aliphatic rings. The molecule has 0 fully saturated rings. The summed E-state index contributed by atoms with van der Waals surface area (Å²) in [5.74, 6) is 1.61. The van der Waals surface area contributed by atoms with Gasteiger partial charge in [-0.05, 0) is 60.3 Å². The fraction of sp³-hybridized carbons (Fsp3) is 0.350. The van der Waals surface area contributed by atoms with Crippen LogP contribution < -0.4 is 14.8 Å². The number of ether oxygens (including phenoxy) is 2. The lowest BCUT2D eigenvalue weighted by atomic mass is 9.87. The standard InChI is InChI=1S/C20H22N2O2S/c1-22(17-8-4-6-15-5-2-3-7-16(15)17)20(25)21-12-14-9-10-18-19(11-14)24-13-23-18/h2-3,5,7,9-11,17H,4,6,8,12-13H2,1H3,(H,21,25)/t17-/m0/s1.